The predicted molar refractivity (Wildman–Crippen MR) is 86.1 cm³/mol. The molecule has 106 valence electrons. The maximum Gasteiger partial charge on any atom is 0.228 e. The number of thiophene rings is 1. The van der Waals surface area contributed by atoms with Crippen LogP contribution >= 0.6 is 34.9 Å². The van der Waals surface area contributed by atoms with Crippen LogP contribution in [-0.4, -0.2) is 22.3 Å². The molecule has 0 radical (unpaired) electrons. The van der Waals surface area contributed by atoms with E-state index < -0.39 is 0 Å². The second-order valence-electron chi connectivity index (χ2n) is 5.05. The molecule has 20 heavy (non-hydrogen) atoms. The summed E-state index contributed by atoms with van der Waals surface area (Å²) in [6.07, 6.45) is 1.43. The first-order valence-corrected chi connectivity index (χ1v) is 8.71. The Morgan fingerprint density at radius 3 is 3.10 bits per heavy atom. The largest absolute Gasteiger partial charge is 0.341 e. The maximum atomic E-state index is 12.6. The highest BCUT2D eigenvalue weighted by Gasteiger charge is 2.28. The molecule has 1 amide bonds. The highest BCUT2D eigenvalue weighted by atomic mass is 32.1. The topological polar surface area (TPSA) is 36.1 Å². The molecule has 0 aliphatic carbocycles. The van der Waals surface area contributed by atoms with E-state index in [0.717, 1.165) is 27.5 Å². The van der Waals surface area contributed by atoms with Crippen molar-refractivity contribution in [3.8, 4) is 0 Å². The Kier molecular flexibility index (Phi) is 3.79. The third kappa shape index (κ3) is 2.47. The van der Waals surface area contributed by atoms with Crippen LogP contribution in [0.4, 0.5) is 0 Å². The van der Waals surface area contributed by atoms with Crippen LogP contribution in [0.5, 0.6) is 0 Å². The Balaban J connectivity index is 1.79. The zero-order valence-corrected chi connectivity index (χ0v) is 13.9. The summed E-state index contributed by atoms with van der Waals surface area (Å²) in [6.45, 7) is 4.92. The van der Waals surface area contributed by atoms with E-state index in [1.165, 1.54) is 21.8 Å². The number of nitrogens with one attached hydrogen (secondary N) is 1. The number of amides is 1. The van der Waals surface area contributed by atoms with Gasteiger partial charge >= 0.3 is 0 Å². The van der Waals surface area contributed by atoms with E-state index in [1.807, 2.05) is 11.8 Å². The zero-order chi connectivity index (χ0) is 14.3. The van der Waals surface area contributed by atoms with Crippen LogP contribution in [0.3, 0.4) is 0 Å². The van der Waals surface area contributed by atoms with Gasteiger partial charge in [-0.2, -0.15) is 0 Å². The Hall–Kier alpha value is -0.980. The molecule has 3 nitrogen and oxygen atoms in total. The van der Waals surface area contributed by atoms with Gasteiger partial charge in [0.1, 0.15) is 0 Å². The van der Waals surface area contributed by atoms with E-state index in [1.54, 1.807) is 11.3 Å². The Labute approximate surface area is 131 Å². The van der Waals surface area contributed by atoms with Crippen molar-refractivity contribution >= 4 is 40.8 Å². The first kappa shape index (κ1) is 14.0. The van der Waals surface area contributed by atoms with Gasteiger partial charge in [0.2, 0.25) is 5.91 Å². The van der Waals surface area contributed by atoms with Gasteiger partial charge in [-0.1, -0.05) is 0 Å². The first-order valence-electron chi connectivity index (χ1n) is 6.60. The van der Waals surface area contributed by atoms with Gasteiger partial charge in [0.05, 0.1) is 12.5 Å². The van der Waals surface area contributed by atoms with E-state index in [2.05, 4.69) is 23.4 Å². The van der Waals surface area contributed by atoms with Crippen LogP contribution in [0.1, 0.15) is 34.0 Å². The van der Waals surface area contributed by atoms with E-state index >= 15 is 0 Å². The summed E-state index contributed by atoms with van der Waals surface area (Å²) in [5, 5.41) is 2.12. The number of nitrogens with zero attached hydrogens (tertiary/aromatic N) is 1. The summed E-state index contributed by atoms with van der Waals surface area (Å²) in [5.74, 6) is 0.197. The molecule has 1 aliphatic rings. The molecule has 2 aromatic heterocycles. The third-order valence-corrected chi connectivity index (χ3v) is 6.17. The molecule has 2 aromatic rings. The van der Waals surface area contributed by atoms with Crippen molar-refractivity contribution in [1.29, 1.82) is 0 Å². The number of carbonyl (C=O) groups is 1. The van der Waals surface area contributed by atoms with Gasteiger partial charge in [-0.25, -0.2) is 0 Å². The molecule has 0 saturated heterocycles. The molecule has 0 saturated carbocycles. The molecule has 1 N–H and O–H groups in total. The minimum atomic E-state index is 0.185. The number of rotatable bonds is 2. The van der Waals surface area contributed by atoms with E-state index in [9.17, 15) is 4.79 Å². The van der Waals surface area contributed by atoms with Crippen molar-refractivity contribution < 1.29 is 4.79 Å². The summed E-state index contributed by atoms with van der Waals surface area (Å²) in [5.41, 5.74) is 2.34. The van der Waals surface area contributed by atoms with Crippen molar-refractivity contribution in [1.82, 2.24) is 9.88 Å². The lowest BCUT2D eigenvalue weighted by Crippen LogP contribution is -2.39. The number of carbonyl (C=O) groups excluding carboxylic acids is 1. The third-order valence-electron chi connectivity index (χ3n) is 3.83. The molecular formula is C14H16N2OS3. The van der Waals surface area contributed by atoms with Crippen molar-refractivity contribution in [2.24, 2.45) is 0 Å². The van der Waals surface area contributed by atoms with E-state index in [0.29, 0.717) is 6.42 Å². The van der Waals surface area contributed by atoms with Gasteiger partial charge in [-0.3, -0.25) is 4.79 Å². The molecule has 1 atom stereocenters. The van der Waals surface area contributed by atoms with Crippen LogP contribution in [0, 0.1) is 10.9 Å². The van der Waals surface area contributed by atoms with E-state index in [-0.39, 0.29) is 11.9 Å². The Morgan fingerprint density at radius 1 is 1.60 bits per heavy atom. The lowest BCUT2D eigenvalue weighted by Gasteiger charge is -2.33. The van der Waals surface area contributed by atoms with Crippen molar-refractivity contribution in [2.45, 2.75) is 32.7 Å². The fourth-order valence-electron chi connectivity index (χ4n) is 2.69. The lowest BCUT2D eigenvalue weighted by molar-refractivity contribution is -0.132. The van der Waals surface area contributed by atoms with Gasteiger partial charge in [-0.15, -0.1) is 22.7 Å². The van der Waals surface area contributed by atoms with Crippen molar-refractivity contribution in [3.05, 3.63) is 36.4 Å². The molecular weight excluding hydrogens is 308 g/mol. The van der Waals surface area contributed by atoms with Crippen LogP contribution in [-0.2, 0) is 17.6 Å². The number of H-pyrrole nitrogens is 1. The molecule has 1 aliphatic heterocycles. The monoisotopic (exact) mass is 324 g/mol. The number of hydrogen-bond acceptors (Lipinski definition) is 4. The minimum Gasteiger partial charge on any atom is -0.341 e. The van der Waals surface area contributed by atoms with Gasteiger partial charge < -0.3 is 9.88 Å². The predicted octanol–water partition coefficient (Wildman–Crippen LogP) is 3.86. The Bertz CT molecular complexity index is 697. The molecule has 0 spiro atoms. The number of hydrogen-bond donors (Lipinski definition) is 1. The standard InChI is InChI=1S/C14H16N2OS3/c1-8-12(20-14(18)15-8)7-13(17)16-5-3-11-10(9(16)2)4-6-19-11/h4,6,9H,3,5,7H2,1-2H3,(H,15,18)/t9-/m1/s1. The fraction of sp³-hybridized carbons (Fsp3) is 0.429. The molecule has 6 heteroatoms. The summed E-state index contributed by atoms with van der Waals surface area (Å²) in [4.78, 5) is 20.1. The van der Waals surface area contributed by atoms with Crippen LogP contribution in [0.25, 0.3) is 0 Å². The minimum absolute atomic E-state index is 0.185. The first-order chi connectivity index (χ1) is 9.56. The van der Waals surface area contributed by atoms with Crippen LogP contribution in [0.15, 0.2) is 11.4 Å². The van der Waals surface area contributed by atoms with Crippen molar-refractivity contribution in [2.75, 3.05) is 6.54 Å². The summed E-state index contributed by atoms with van der Waals surface area (Å²) < 4.78 is 0.747. The van der Waals surface area contributed by atoms with Gasteiger partial charge in [0.25, 0.3) is 0 Å². The lowest BCUT2D eigenvalue weighted by atomic mass is 10.0. The summed E-state index contributed by atoms with van der Waals surface area (Å²) >= 11 is 8.44. The van der Waals surface area contributed by atoms with Crippen LogP contribution < -0.4 is 0 Å². The summed E-state index contributed by atoms with van der Waals surface area (Å²) in [6, 6.07) is 2.33. The normalized spacial score (nSPS) is 18.1. The van der Waals surface area contributed by atoms with Gasteiger partial charge in [0, 0.05) is 22.0 Å². The Morgan fingerprint density at radius 2 is 2.40 bits per heavy atom. The maximum absolute atomic E-state index is 12.6. The molecule has 0 bridgehead atoms. The second kappa shape index (κ2) is 5.42. The number of fused-ring (bicyclic) bond motifs is 1. The second-order valence-corrected chi connectivity index (χ2v) is 7.82. The molecule has 3 heterocycles. The average Bonchev–Trinajstić information content (AvgIpc) is 2.97. The number of aromatic nitrogens is 1. The quantitative estimate of drug-likeness (QED) is 0.852. The highest BCUT2D eigenvalue weighted by Crippen LogP contribution is 2.33. The molecule has 0 aromatic carbocycles. The summed E-state index contributed by atoms with van der Waals surface area (Å²) in [7, 11) is 0. The smallest absolute Gasteiger partial charge is 0.228 e. The molecule has 3 rings (SSSR count). The number of thiazole rings is 1. The fourth-order valence-corrected chi connectivity index (χ4v) is 4.94. The number of aryl methyl sites for hydroxylation is 1. The van der Waals surface area contributed by atoms with Crippen LogP contribution in [0.2, 0.25) is 0 Å². The zero-order valence-electron chi connectivity index (χ0n) is 11.4. The molecule has 0 fully saturated rings. The van der Waals surface area contributed by atoms with E-state index in [4.69, 9.17) is 12.2 Å². The van der Waals surface area contributed by atoms with Crippen molar-refractivity contribution in [3.63, 3.8) is 0 Å². The number of aromatic amines is 1. The SMILES string of the molecule is Cc1[nH]c(=S)sc1CC(=O)N1CCc2sccc2[C@H]1C. The molecule has 0 unspecified atom stereocenters. The average molecular weight is 324 g/mol. The van der Waals surface area contributed by atoms with Gasteiger partial charge in [-0.05, 0) is 49.5 Å². The highest BCUT2D eigenvalue weighted by molar-refractivity contribution is 7.73. The van der Waals surface area contributed by atoms with Gasteiger partial charge in [0.15, 0.2) is 3.95 Å².